The zero-order chi connectivity index (χ0) is 35.6. The van der Waals surface area contributed by atoms with Crippen molar-refractivity contribution in [2.75, 3.05) is 30.3 Å². The van der Waals surface area contributed by atoms with Gasteiger partial charge in [0.05, 0.1) is 28.0 Å². The first kappa shape index (κ1) is 35.4. The number of hydrogen-bond donors (Lipinski definition) is 2. The van der Waals surface area contributed by atoms with E-state index in [1.165, 1.54) is 30.4 Å². The molecule has 266 valence electrons. The molecule has 2 amide bonds. The van der Waals surface area contributed by atoms with Crippen LogP contribution in [0.15, 0.2) is 60.9 Å². The van der Waals surface area contributed by atoms with Crippen LogP contribution in [-0.2, 0) is 19.5 Å². The highest BCUT2D eigenvalue weighted by Crippen LogP contribution is 2.43. The summed E-state index contributed by atoms with van der Waals surface area (Å²) in [6.07, 6.45) is 7.52. The largest absolute Gasteiger partial charge is 0.319 e. The van der Waals surface area contributed by atoms with Crippen LogP contribution in [0, 0.1) is 0 Å². The summed E-state index contributed by atoms with van der Waals surface area (Å²) in [7, 11) is 0. The number of rotatable bonds is 10. The number of aromatic nitrogens is 2. The lowest BCUT2D eigenvalue weighted by molar-refractivity contribution is 0.0819. The zero-order valence-electron chi connectivity index (χ0n) is 28.4. The Kier molecular flexibility index (Phi) is 10.7. The first-order chi connectivity index (χ1) is 24.6. The Balaban J connectivity index is 1.06. The minimum absolute atomic E-state index is 0.202. The van der Waals surface area contributed by atoms with Gasteiger partial charge in [0, 0.05) is 49.2 Å². The van der Waals surface area contributed by atoms with Crippen molar-refractivity contribution in [3.05, 3.63) is 105 Å². The van der Waals surface area contributed by atoms with E-state index in [-0.39, 0.29) is 23.2 Å². The predicted octanol–water partition coefficient (Wildman–Crippen LogP) is 8.83. The molecular formula is C39H40Cl2F2N6O2. The van der Waals surface area contributed by atoms with Crippen molar-refractivity contribution in [2.24, 2.45) is 0 Å². The Bertz CT molecular complexity index is 1960. The van der Waals surface area contributed by atoms with Crippen molar-refractivity contribution in [1.29, 1.82) is 0 Å². The lowest BCUT2D eigenvalue weighted by atomic mass is 9.99. The van der Waals surface area contributed by atoms with Crippen molar-refractivity contribution in [1.82, 2.24) is 19.8 Å². The maximum atomic E-state index is 13.5. The normalized spacial score (nSPS) is 18.0. The number of nitrogens with zero attached hydrogens (tertiary/aromatic N) is 4. The molecule has 3 aliphatic rings. The molecule has 7 rings (SSSR count). The Morgan fingerprint density at radius 3 is 2.14 bits per heavy atom. The number of carbonyl (C=O) groups excluding carboxylic acids is 2. The van der Waals surface area contributed by atoms with Gasteiger partial charge in [-0.25, -0.2) is 8.78 Å². The summed E-state index contributed by atoms with van der Waals surface area (Å²) in [5, 5.41) is 6.37. The first-order valence-electron chi connectivity index (χ1n) is 17.6. The van der Waals surface area contributed by atoms with Gasteiger partial charge in [0.1, 0.15) is 11.4 Å². The van der Waals surface area contributed by atoms with E-state index in [0.29, 0.717) is 64.7 Å². The van der Waals surface area contributed by atoms with Crippen molar-refractivity contribution < 1.29 is 18.4 Å². The topological polar surface area (TPSA) is 90.5 Å². The SMILES string of the molecule is C[C@@H]1CCCCN1Cc1cnc(C(=O)Nc2cccc(-c3cccc(NC(=O)c4cc5c(cn4)CN(CC(F)F)CC5)c3Cl)c2Cl)cc1C1CC1. The molecule has 2 aromatic carbocycles. The van der Waals surface area contributed by atoms with Crippen LogP contribution in [0.3, 0.4) is 0 Å². The molecule has 1 aliphatic carbocycles. The number of hydrogen-bond acceptors (Lipinski definition) is 6. The molecule has 2 fully saturated rings. The first-order valence-corrected chi connectivity index (χ1v) is 18.3. The second-order valence-electron chi connectivity index (χ2n) is 13.8. The lowest BCUT2D eigenvalue weighted by Crippen LogP contribution is -2.37. The van der Waals surface area contributed by atoms with Gasteiger partial charge in [-0.3, -0.25) is 29.4 Å². The number of halogens is 4. The number of piperidine rings is 1. The smallest absolute Gasteiger partial charge is 0.274 e. The number of likely N-dealkylation sites (tertiary alicyclic amines) is 1. The van der Waals surface area contributed by atoms with E-state index < -0.39 is 12.3 Å². The third-order valence-corrected chi connectivity index (χ3v) is 11.0. The van der Waals surface area contributed by atoms with Crippen LogP contribution in [0.5, 0.6) is 0 Å². The number of pyridine rings is 2. The summed E-state index contributed by atoms with van der Waals surface area (Å²) in [4.78, 5) is 39.9. The van der Waals surface area contributed by atoms with Gasteiger partial charge in [0.25, 0.3) is 18.2 Å². The Morgan fingerprint density at radius 1 is 0.863 bits per heavy atom. The molecule has 1 saturated carbocycles. The molecule has 2 aromatic heterocycles. The van der Waals surface area contributed by atoms with Gasteiger partial charge >= 0.3 is 0 Å². The molecule has 2 aliphatic heterocycles. The Hall–Kier alpha value is -3.96. The van der Waals surface area contributed by atoms with Crippen molar-refractivity contribution >= 4 is 46.4 Å². The minimum Gasteiger partial charge on any atom is -0.319 e. The Labute approximate surface area is 306 Å². The number of amides is 2. The molecule has 0 unspecified atom stereocenters. The van der Waals surface area contributed by atoms with Gasteiger partial charge in [-0.1, -0.05) is 53.9 Å². The van der Waals surface area contributed by atoms with E-state index in [4.69, 9.17) is 23.2 Å². The van der Waals surface area contributed by atoms with E-state index in [1.807, 2.05) is 12.3 Å². The molecule has 12 heteroatoms. The predicted molar refractivity (Wildman–Crippen MR) is 197 cm³/mol. The average molecular weight is 734 g/mol. The fraction of sp³-hybridized carbons (Fsp3) is 0.385. The second-order valence-corrected chi connectivity index (χ2v) is 14.6. The highest BCUT2D eigenvalue weighted by Gasteiger charge is 2.29. The molecule has 1 atom stereocenters. The van der Waals surface area contributed by atoms with Crippen LogP contribution in [-0.4, -0.2) is 63.7 Å². The lowest BCUT2D eigenvalue weighted by Gasteiger charge is -2.33. The van der Waals surface area contributed by atoms with Crippen molar-refractivity contribution in [3.8, 4) is 11.1 Å². The second kappa shape index (κ2) is 15.3. The van der Waals surface area contributed by atoms with Crippen LogP contribution in [0.25, 0.3) is 11.1 Å². The number of carbonyl (C=O) groups is 2. The van der Waals surface area contributed by atoms with Gasteiger partial charge in [0.2, 0.25) is 0 Å². The summed E-state index contributed by atoms with van der Waals surface area (Å²) in [6, 6.07) is 14.7. The third-order valence-electron chi connectivity index (χ3n) is 10.2. The molecule has 4 aromatic rings. The van der Waals surface area contributed by atoms with Crippen LogP contribution < -0.4 is 10.6 Å². The maximum absolute atomic E-state index is 13.5. The van der Waals surface area contributed by atoms with Gasteiger partial charge in [0.15, 0.2) is 0 Å². The number of nitrogens with one attached hydrogen (secondary N) is 2. The molecule has 0 spiro atoms. The molecule has 8 nitrogen and oxygen atoms in total. The van der Waals surface area contributed by atoms with Gasteiger partial charge in [-0.15, -0.1) is 0 Å². The summed E-state index contributed by atoms with van der Waals surface area (Å²) >= 11 is 13.8. The minimum atomic E-state index is -2.40. The molecule has 1 saturated heterocycles. The van der Waals surface area contributed by atoms with Gasteiger partial charge in [-0.05, 0) is 98.0 Å². The monoisotopic (exact) mass is 732 g/mol. The van der Waals surface area contributed by atoms with Gasteiger partial charge in [-0.2, -0.15) is 0 Å². The van der Waals surface area contributed by atoms with E-state index >= 15 is 0 Å². The summed E-state index contributed by atoms with van der Waals surface area (Å²) in [5.74, 6) is -0.334. The van der Waals surface area contributed by atoms with E-state index in [0.717, 1.165) is 37.1 Å². The van der Waals surface area contributed by atoms with E-state index in [9.17, 15) is 18.4 Å². The molecule has 2 N–H and O–H groups in total. The number of alkyl halides is 2. The maximum Gasteiger partial charge on any atom is 0.274 e. The molecule has 4 heterocycles. The molecule has 51 heavy (non-hydrogen) atoms. The Morgan fingerprint density at radius 2 is 1.51 bits per heavy atom. The zero-order valence-corrected chi connectivity index (χ0v) is 29.9. The van der Waals surface area contributed by atoms with E-state index in [2.05, 4.69) is 32.4 Å². The quantitative estimate of drug-likeness (QED) is 0.169. The number of benzene rings is 2. The third kappa shape index (κ3) is 8.09. The number of fused-ring (bicyclic) bond motifs is 1. The van der Waals surface area contributed by atoms with Crippen LogP contribution in [0.2, 0.25) is 10.0 Å². The fourth-order valence-corrected chi connectivity index (χ4v) is 7.71. The number of anilines is 2. The fourth-order valence-electron chi connectivity index (χ4n) is 7.16. The van der Waals surface area contributed by atoms with Gasteiger partial charge < -0.3 is 10.6 Å². The molecule has 0 bridgehead atoms. The van der Waals surface area contributed by atoms with Crippen LogP contribution in [0.1, 0.15) is 88.2 Å². The summed E-state index contributed by atoms with van der Waals surface area (Å²) < 4.78 is 25.7. The van der Waals surface area contributed by atoms with E-state index in [1.54, 1.807) is 53.6 Å². The molecular weight excluding hydrogens is 693 g/mol. The van der Waals surface area contributed by atoms with Crippen LogP contribution in [0.4, 0.5) is 20.2 Å². The average Bonchev–Trinajstić information content (AvgIpc) is 3.97. The van der Waals surface area contributed by atoms with Crippen molar-refractivity contribution in [3.63, 3.8) is 0 Å². The summed E-state index contributed by atoms with van der Waals surface area (Å²) in [6.45, 7) is 4.78. The highest BCUT2D eigenvalue weighted by atomic mass is 35.5. The molecule has 0 radical (unpaired) electrons. The van der Waals surface area contributed by atoms with Crippen molar-refractivity contribution in [2.45, 2.75) is 76.9 Å². The van der Waals surface area contributed by atoms with Crippen LogP contribution >= 0.6 is 23.2 Å². The highest BCUT2D eigenvalue weighted by molar-refractivity contribution is 6.40. The standard InChI is InChI=1S/C39H40Cl2F2N6O2/c1-23-6-2-3-14-49(23)21-27-19-45-34(17-30(27)24-11-12-24)39(51)47-32-10-5-8-29(37(32)41)28-7-4-9-31(36(28)40)46-38(50)33-16-25-13-15-48(22-35(42)43)20-26(25)18-44-33/h4-5,7-10,16-19,23-24,35H,2-3,6,11-15,20-22H2,1H3,(H,46,50)(H,47,51)/t23-/m1/s1. The summed E-state index contributed by atoms with van der Waals surface area (Å²) in [5.41, 5.74) is 6.62.